The van der Waals surface area contributed by atoms with Crippen LogP contribution in [0.3, 0.4) is 0 Å². The van der Waals surface area contributed by atoms with Crippen LogP contribution in [-0.2, 0) is 27.9 Å². The molecule has 0 atom stereocenters. The van der Waals surface area contributed by atoms with Crippen molar-refractivity contribution < 1.29 is 13.2 Å². The summed E-state index contributed by atoms with van der Waals surface area (Å²) in [5, 5.41) is 8.93. The zero-order valence-corrected chi connectivity index (χ0v) is 15.5. The van der Waals surface area contributed by atoms with Crippen molar-refractivity contribution in [1.82, 2.24) is 9.88 Å². The molecule has 0 unspecified atom stereocenters. The Morgan fingerprint density at radius 2 is 1.84 bits per heavy atom. The Labute approximate surface area is 153 Å². The van der Waals surface area contributed by atoms with E-state index in [1.807, 2.05) is 35.0 Å². The van der Waals surface area contributed by atoms with Crippen LogP contribution in [0.4, 0.5) is 0 Å². The van der Waals surface area contributed by atoms with Crippen molar-refractivity contribution in [3.05, 3.63) is 64.8 Å². The number of benzene rings is 2. The van der Waals surface area contributed by atoms with Gasteiger partial charge >= 0.3 is 0 Å². The van der Waals surface area contributed by atoms with Crippen molar-refractivity contribution in [2.75, 3.05) is 0 Å². The number of nitrogens with one attached hydrogen (secondary N) is 1. The normalized spacial score (nSPS) is 11.6. The smallest absolute Gasteiger partial charge is 0.240 e. The van der Waals surface area contributed by atoms with Gasteiger partial charge in [0.1, 0.15) is 6.54 Å². The molecule has 0 aliphatic carbocycles. The molecule has 0 radical (unpaired) electrons. The number of aromatic nitrogens is 1. The molecule has 3 aromatic rings. The van der Waals surface area contributed by atoms with Crippen LogP contribution in [0.25, 0.3) is 10.9 Å². The molecule has 3 N–H and O–H groups in total. The molecule has 0 saturated heterocycles. The molecular formula is C17H16BrN3O3S. The number of halogens is 1. The van der Waals surface area contributed by atoms with Gasteiger partial charge in [-0.1, -0.05) is 34.1 Å². The van der Waals surface area contributed by atoms with Gasteiger partial charge in [0.25, 0.3) is 0 Å². The SMILES string of the molecule is NS(=O)(=O)c1ccc(CNC(=O)Cn2ccc3c(Br)cccc32)cc1. The van der Waals surface area contributed by atoms with Gasteiger partial charge < -0.3 is 9.88 Å². The lowest BCUT2D eigenvalue weighted by Crippen LogP contribution is -2.26. The second kappa shape index (κ2) is 6.99. The van der Waals surface area contributed by atoms with Crippen LogP contribution >= 0.6 is 15.9 Å². The molecule has 2 aromatic carbocycles. The van der Waals surface area contributed by atoms with E-state index in [0.717, 1.165) is 20.9 Å². The Hall–Kier alpha value is -2.16. The summed E-state index contributed by atoms with van der Waals surface area (Å²) in [4.78, 5) is 12.2. The summed E-state index contributed by atoms with van der Waals surface area (Å²) in [7, 11) is -3.70. The second-order valence-corrected chi connectivity index (χ2v) is 8.00. The third-order valence-corrected chi connectivity index (χ3v) is 5.44. The molecule has 0 spiro atoms. The lowest BCUT2D eigenvalue weighted by Gasteiger charge is -2.08. The Morgan fingerprint density at radius 3 is 2.52 bits per heavy atom. The van der Waals surface area contributed by atoms with Crippen molar-refractivity contribution in [1.29, 1.82) is 0 Å². The van der Waals surface area contributed by atoms with Gasteiger partial charge in [-0.15, -0.1) is 0 Å². The summed E-state index contributed by atoms with van der Waals surface area (Å²) in [5.41, 5.74) is 1.77. The third kappa shape index (κ3) is 4.09. The van der Waals surface area contributed by atoms with E-state index in [1.54, 1.807) is 12.1 Å². The molecule has 1 heterocycles. The van der Waals surface area contributed by atoms with E-state index in [-0.39, 0.29) is 17.3 Å². The minimum atomic E-state index is -3.70. The highest BCUT2D eigenvalue weighted by Crippen LogP contribution is 2.24. The van der Waals surface area contributed by atoms with Crippen molar-refractivity contribution in [2.45, 2.75) is 18.0 Å². The predicted octanol–water partition coefficient (Wildman–Crippen LogP) is 2.37. The van der Waals surface area contributed by atoms with Crippen molar-refractivity contribution in [3.8, 4) is 0 Å². The summed E-state index contributed by atoms with van der Waals surface area (Å²) in [6, 6.07) is 13.9. The van der Waals surface area contributed by atoms with Crippen LogP contribution in [0.1, 0.15) is 5.56 Å². The summed E-state index contributed by atoms with van der Waals surface area (Å²) >= 11 is 3.49. The molecule has 1 amide bonds. The van der Waals surface area contributed by atoms with Gasteiger partial charge in [0.2, 0.25) is 15.9 Å². The molecule has 0 fully saturated rings. The van der Waals surface area contributed by atoms with Crippen LogP contribution in [0, 0.1) is 0 Å². The maximum atomic E-state index is 12.2. The number of carbonyl (C=O) groups is 1. The van der Waals surface area contributed by atoms with E-state index < -0.39 is 10.0 Å². The Bertz CT molecular complexity index is 1030. The molecule has 0 aliphatic rings. The van der Waals surface area contributed by atoms with E-state index in [9.17, 15) is 13.2 Å². The number of rotatable bonds is 5. The summed E-state index contributed by atoms with van der Waals surface area (Å²) < 4.78 is 25.3. The zero-order chi connectivity index (χ0) is 18.0. The fourth-order valence-corrected chi connectivity index (χ4v) is 3.54. The van der Waals surface area contributed by atoms with Crippen LogP contribution in [-0.4, -0.2) is 18.9 Å². The lowest BCUT2D eigenvalue weighted by atomic mass is 10.2. The van der Waals surface area contributed by atoms with Crippen LogP contribution in [0.2, 0.25) is 0 Å². The number of nitrogens with two attached hydrogens (primary N) is 1. The van der Waals surface area contributed by atoms with E-state index in [1.165, 1.54) is 12.1 Å². The van der Waals surface area contributed by atoms with Gasteiger partial charge in [0.05, 0.1) is 4.90 Å². The topological polar surface area (TPSA) is 94.2 Å². The fraction of sp³-hybridized carbons (Fsp3) is 0.118. The van der Waals surface area contributed by atoms with Gasteiger partial charge in [0, 0.05) is 28.1 Å². The molecule has 0 saturated carbocycles. The Morgan fingerprint density at radius 1 is 1.12 bits per heavy atom. The number of primary sulfonamides is 1. The lowest BCUT2D eigenvalue weighted by molar-refractivity contribution is -0.121. The first-order valence-electron chi connectivity index (χ1n) is 7.46. The van der Waals surface area contributed by atoms with Crippen LogP contribution < -0.4 is 10.5 Å². The molecule has 130 valence electrons. The second-order valence-electron chi connectivity index (χ2n) is 5.58. The van der Waals surface area contributed by atoms with Gasteiger partial charge in [-0.3, -0.25) is 4.79 Å². The third-order valence-electron chi connectivity index (χ3n) is 3.82. The Balaban J connectivity index is 1.64. The monoisotopic (exact) mass is 421 g/mol. The number of amides is 1. The molecule has 25 heavy (non-hydrogen) atoms. The van der Waals surface area contributed by atoms with Gasteiger partial charge in [-0.25, -0.2) is 13.6 Å². The quantitative estimate of drug-likeness (QED) is 0.661. The summed E-state index contributed by atoms with van der Waals surface area (Å²) in [6.07, 6.45) is 1.87. The van der Waals surface area contributed by atoms with Gasteiger partial charge in [-0.05, 0) is 35.9 Å². The van der Waals surface area contributed by atoms with Gasteiger partial charge in [-0.2, -0.15) is 0 Å². The number of nitrogens with zero attached hydrogens (tertiary/aromatic N) is 1. The first-order valence-corrected chi connectivity index (χ1v) is 9.80. The average Bonchev–Trinajstić information content (AvgIpc) is 2.97. The van der Waals surface area contributed by atoms with E-state index in [0.29, 0.717) is 6.54 Å². The van der Waals surface area contributed by atoms with E-state index in [4.69, 9.17) is 5.14 Å². The van der Waals surface area contributed by atoms with E-state index >= 15 is 0 Å². The first-order chi connectivity index (χ1) is 11.8. The number of hydrogen-bond acceptors (Lipinski definition) is 3. The number of sulfonamides is 1. The van der Waals surface area contributed by atoms with Crippen molar-refractivity contribution in [3.63, 3.8) is 0 Å². The predicted molar refractivity (Wildman–Crippen MR) is 99.3 cm³/mol. The number of carbonyl (C=O) groups excluding carboxylic acids is 1. The fourth-order valence-electron chi connectivity index (χ4n) is 2.53. The van der Waals surface area contributed by atoms with Crippen molar-refractivity contribution in [2.24, 2.45) is 5.14 Å². The van der Waals surface area contributed by atoms with Gasteiger partial charge in [0.15, 0.2) is 0 Å². The Kier molecular flexibility index (Phi) is 4.94. The van der Waals surface area contributed by atoms with Crippen molar-refractivity contribution >= 4 is 42.8 Å². The molecule has 8 heteroatoms. The highest BCUT2D eigenvalue weighted by atomic mass is 79.9. The summed E-state index contributed by atoms with van der Waals surface area (Å²) in [6.45, 7) is 0.516. The number of fused-ring (bicyclic) bond motifs is 1. The van der Waals surface area contributed by atoms with E-state index in [2.05, 4.69) is 21.2 Å². The maximum Gasteiger partial charge on any atom is 0.240 e. The van der Waals surface area contributed by atoms with Crippen LogP contribution in [0.15, 0.2) is 64.1 Å². The highest BCUT2D eigenvalue weighted by molar-refractivity contribution is 9.10. The standard InChI is InChI=1S/C17H16BrN3O3S/c18-15-2-1-3-16-14(15)8-9-21(16)11-17(22)20-10-12-4-6-13(7-5-12)25(19,23)24/h1-9H,10-11H2,(H,20,22)(H2,19,23,24). The molecular weight excluding hydrogens is 406 g/mol. The number of hydrogen-bond donors (Lipinski definition) is 2. The molecule has 3 rings (SSSR count). The first kappa shape index (κ1) is 17.7. The van der Waals surface area contributed by atoms with Crippen LogP contribution in [0.5, 0.6) is 0 Å². The molecule has 6 nitrogen and oxygen atoms in total. The highest BCUT2D eigenvalue weighted by Gasteiger charge is 2.09. The maximum absolute atomic E-state index is 12.2. The molecule has 1 aromatic heterocycles. The zero-order valence-electron chi connectivity index (χ0n) is 13.1. The minimum Gasteiger partial charge on any atom is -0.350 e. The molecule has 0 aliphatic heterocycles. The average molecular weight is 422 g/mol. The minimum absolute atomic E-state index is 0.0481. The largest absolute Gasteiger partial charge is 0.350 e. The summed E-state index contributed by atoms with van der Waals surface area (Å²) in [5.74, 6) is -0.131. The molecule has 0 bridgehead atoms.